The Labute approximate surface area is 131 Å². The smallest absolute Gasteiger partial charge is 0.214 e. The molecule has 0 amide bonds. The molecule has 0 radical (unpaired) electrons. The molecule has 0 saturated heterocycles. The minimum atomic E-state index is 0.465. The van der Waals surface area contributed by atoms with Crippen molar-refractivity contribution in [2.45, 2.75) is 19.9 Å². The van der Waals surface area contributed by atoms with Gasteiger partial charge in [0, 0.05) is 10.6 Å². The Morgan fingerprint density at radius 3 is 2.90 bits per heavy atom. The number of nitrogens with one attached hydrogen (secondary N) is 2. The summed E-state index contributed by atoms with van der Waals surface area (Å²) in [7, 11) is 0. The zero-order valence-electron chi connectivity index (χ0n) is 10.8. The van der Waals surface area contributed by atoms with Crippen LogP contribution in [0.25, 0.3) is 0 Å². The summed E-state index contributed by atoms with van der Waals surface area (Å²) in [4.78, 5) is 0. The molecule has 2 rings (SSSR count). The molecule has 0 unspecified atom stereocenters. The van der Waals surface area contributed by atoms with Crippen molar-refractivity contribution in [2.24, 2.45) is 0 Å². The van der Waals surface area contributed by atoms with Crippen LogP contribution in [0, 0.1) is 4.77 Å². The van der Waals surface area contributed by atoms with E-state index in [0.29, 0.717) is 33.7 Å². The zero-order valence-corrected chi connectivity index (χ0v) is 13.1. The molecule has 1 heterocycles. The van der Waals surface area contributed by atoms with Crippen LogP contribution in [0.15, 0.2) is 18.5 Å². The van der Waals surface area contributed by atoms with Crippen molar-refractivity contribution in [1.29, 1.82) is 0 Å². The molecule has 0 bridgehead atoms. The molecule has 0 aliphatic rings. The maximum absolute atomic E-state index is 6.18. The molecule has 0 fully saturated rings. The SMILES string of the molecule is CCCOc1c(Cl)cc(Cl)cc1CNn1cn[nH]c1=S. The van der Waals surface area contributed by atoms with Gasteiger partial charge < -0.3 is 10.2 Å². The molecule has 0 spiro atoms. The first-order valence-corrected chi connectivity index (χ1v) is 7.25. The Morgan fingerprint density at radius 1 is 1.45 bits per heavy atom. The summed E-state index contributed by atoms with van der Waals surface area (Å²) < 4.78 is 7.77. The van der Waals surface area contributed by atoms with Gasteiger partial charge in [-0.1, -0.05) is 30.1 Å². The van der Waals surface area contributed by atoms with E-state index in [4.69, 9.17) is 40.2 Å². The van der Waals surface area contributed by atoms with Crippen LogP contribution in [0.4, 0.5) is 0 Å². The Morgan fingerprint density at radius 2 is 2.25 bits per heavy atom. The van der Waals surface area contributed by atoms with Crippen molar-refractivity contribution in [1.82, 2.24) is 14.9 Å². The summed E-state index contributed by atoms with van der Waals surface area (Å²) in [6.07, 6.45) is 2.46. The van der Waals surface area contributed by atoms with Gasteiger partial charge in [-0.3, -0.25) is 5.10 Å². The molecule has 5 nitrogen and oxygen atoms in total. The van der Waals surface area contributed by atoms with Crippen LogP contribution in [0.3, 0.4) is 0 Å². The number of ether oxygens (including phenoxy) is 1. The number of hydrogen-bond acceptors (Lipinski definition) is 4. The number of benzene rings is 1. The zero-order chi connectivity index (χ0) is 14.5. The van der Waals surface area contributed by atoms with E-state index in [0.717, 1.165) is 12.0 Å². The second-order valence-corrected chi connectivity index (χ2v) is 5.32. The second-order valence-electron chi connectivity index (χ2n) is 4.09. The first-order valence-electron chi connectivity index (χ1n) is 6.08. The van der Waals surface area contributed by atoms with Crippen molar-refractivity contribution < 1.29 is 4.74 Å². The van der Waals surface area contributed by atoms with Gasteiger partial charge in [0.2, 0.25) is 4.77 Å². The molecule has 0 atom stereocenters. The van der Waals surface area contributed by atoms with Gasteiger partial charge >= 0.3 is 0 Å². The third kappa shape index (κ3) is 3.65. The molecule has 0 saturated carbocycles. The van der Waals surface area contributed by atoms with Crippen molar-refractivity contribution in [2.75, 3.05) is 12.0 Å². The standard InChI is InChI=1S/C12H14Cl2N4OS/c1-2-3-19-11-8(4-9(13)5-10(11)14)6-16-18-7-15-17-12(18)20/h4-5,7,16H,2-3,6H2,1H3,(H,17,20). The number of aromatic amines is 1. The number of H-pyrrole nitrogens is 1. The average Bonchev–Trinajstić information content (AvgIpc) is 2.80. The molecule has 2 N–H and O–H groups in total. The first-order chi connectivity index (χ1) is 9.61. The highest BCUT2D eigenvalue weighted by Crippen LogP contribution is 2.32. The van der Waals surface area contributed by atoms with Gasteiger partial charge in [0.1, 0.15) is 12.1 Å². The van der Waals surface area contributed by atoms with Crippen LogP contribution in [-0.2, 0) is 6.54 Å². The highest BCUT2D eigenvalue weighted by molar-refractivity contribution is 7.71. The van der Waals surface area contributed by atoms with Crippen molar-refractivity contribution >= 4 is 35.4 Å². The van der Waals surface area contributed by atoms with Crippen LogP contribution < -0.4 is 10.2 Å². The minimum absolute atomic E-state index is 0.465. The molecule has 108 valence electrons. The maximum Gasteiger partial charge on any atom is 0.214 e. The maximum atomic E-state index is 6.18. The van der Waals surface area contributed by atoms with Crippen LogP contribution in [-0.4, -0.2) is 21.5 Å². The minimum Gasteiger partial charge on any atom is -0.492 e. The second kappa shape index (κ2) is 6.97. The average molecular weight is 333 g/mol. The van der Waals surface area contributed by atoms with Crippen LogP contribution in [0.1, 0.15) is 18.9 Å². The number of aromatic nitrogens is 3. The highest BCUT2D eigenvalue weighted by Gasteiger charge is 2.11. The summed E-state index contributed by atoms with van der Waals surface area (Å²) in [6.45, 7) is 3.10. The number of nitrogens with zero attached hydrogens (tertiary/aromatic N) is 2. The molecule has 0 aliphatic carbocycles. The lowest BCUT2D eigenvalue weighted by Gasteiger charge is -2.14. The Bertz CT molecular complexity index is 641. The number of rotatable bonds is 6. The molecular formula is C12H14Cl2N4OS. The summed E-state index contributed by atoms with van der Waals surface area (Å²) in [5.41, 5.74) is 3.96. The quantitative estimate of drug-likeness (QED) is 0.790. The van der Waals surface area contributed by atoms with E-state index in [1.807, 2.05) is 13.0 Å². The summed E-state index contributed by atoms with van der Waals surface area (Å²) in [6, 6.07) is 3.48. The number of hydrogen-bond donors (Lipinski definition) is 2. The predicted octanol–water partition coefficient (Wildman–Crippen LogP) is 3.78. The monoisotopic (exact) mass is 332 g/mol. The van der Waals surface area contributed by atoms with Crippen molar-refractivity contribution in [3.8, 4) is 5.75 Å². The lowest BCUT2D eigenvalue weighted by molar-refractivity contribution is 0.314. The van der Waals surface area contributed by atoms with E-state index in [-0.39, 0.29) is 0 Å². The Hall–Kier alpha value is -1.24. The van der Waals surface area contributed by atoms with Crippen LogP contribution in [0.5, 0.6) is 5.75 Å². The summed E-state index contributed by atoms with van der Waals surface area (Å²) in [5.74, 6) is 0.639. The molecule has 1 aromatic heterocycles. The lowest BCUT2D eigenvalue weighted by Crippen LogP contribution is -2.14. The van der Waals surface area contributed by atoms with E-state index < -0.39 is 0 Å². The molecular weight excluding hydrogens is 319 g/mol. The van der Waals surface area contributed by atoms with Crippen molar-refractivity contribution in [3.05, 3.63) is 38.8 Å². The normalized spacial score (nSPS) is 10.6. The van der Waals surface area contributed by atoms with Crippen LogP contribution >= 0.6 is 35.4 Å². The van der Waals surface area contributed by atoms with Gasteiger partial charge in [0.15, 0.2) is 0 Å². The van der Waals surface area contributed by atoms with Gasteiger partial charge in [0.25, 0.3) is 0 Å². The topological polar surface area (TPSA) is 54.9 Å². The molecule has 20 heavy (non-hydrogen) atoms. The third-order valence-corrected chi connectivity index (χ3v) is 3.31. The lowest BCUT2D eigenvalue weighted by atomic mass is 10.2. The third-order valence-electron chi connectivity index (χ3n) is 2.53. The van der Waals surface area contributed by atoms with E-state index in [1.54, 1.807) is 17.1 Å². The predicted molar refractivity (Wildman–Crippen MR) is 82.7 cm³/mol. The fourth-order valence-electron chi connectivity index (χ4n) is 1.64. The highest BCUT2D eigenvalue weighted by atomic mass is 35.5. The largest absolute Gasteiger partial charge is 0.492 e. The molecule has 2 aromatic rings. The van der Waals surface area contributed by atoms with E-state index in [1.165, 1.54) is 0 Å². The summed E-state index contributed by atoms with van der Waals surface area (Å²) in [5, 5.41) is 7.55. The Balaban J connectivity index is 2.20. The van der Waals surface area contributed by atoms with Gasteiger partial charge in [0.05, 0.1) is 18.2 Å². The van der Waals surface area contributed by atoms with Crippen LogP contribution in [0.2, 0.25) is 10.0 Å². The van der Waals surface area contributed by atoms with E-state index in [9.17, 15) is 0 Å². The van der Waals surface area contributed by atoms with Gasteiger partial charge in [-0.15, -0.1) is 0 Å². The Kier molecular flexibility index (Phi) is 5.28. The molecule has 0 aliphatic heterocycles. The van der Waals surface area contributed by atoms with Gasteiger partial charge in [-0.05, 0) is 30.8 Å². The van der Waals surface area contributed by atoms with E-state index in [2.05, 4.69) is 15.6 Å². The molecule has 8 heteroatoms. The molecule has 1 aromatic carbocycles. The van der Waals surface area contributed by atoms with Crippen molar-refractivity contribution in [3.63, 3.8) is 0 Å². The van der Waals surface area contributed by atoms with E-state index >= 15 is 0 Å². The number of halogens is 2. The first kappa shape index (κ1) is 15.2. The van der Waals surface area contributed by atoms with Gasteiger partial charge in [-0.2, -0.15) is 5.10 Å². The summed E-state index contributed by atoms with van der Waals surface area (Å²) >= 11 is 17.3. The fraction of sp³-hybridized carbons (Fsp3) is 0.333. The van der Waals surface area contributed by atoms with Gasteiger partial charge in [-0.25, -0.2) is 4.68 Å². The fourth-order valence-corrected chi connectivity index (χ4v) is 2.40.